The molecule has 0 aromatic heterocycles. The average molecular weight is 292 g/mol. The van der Waals surface area contributed by atoms with E-state index in [1.807, 2.05) is 0 Å². The van der Waals surface area contributed by atoms with Gasteiger partial charge in [-0.2, -0.15) is 0 Å². The Labute approximate surface area is 128 Å². The van der Waals surface area contributed by atoms with Gasteiger partial charge >= 0.3 is 0 Å². The summed E-state index contributed by atoms with van der Waals surface area (Å²) in [4.78, 5) is 0. The van der Waals surface area contributed by atoms with Crippen molar-refractivity contribution in [1.82, 2.24) is 5.32 Å². The van der Waals surface area contributed by atoms with Crippen molar-refractivity contribution < 1.29 is 0 Å². The third kappa shape index (κ3) is 3.56. The van der Waals surface area contributed by atoms with Gasteiger partial charge in [0.05, 0.1) is 0 Å². The largest absolute Gasteiger partial charge is 0.313 e. The van der Waals surface area contributed by atoms with Gasteiger partial charge in [-0.3, -0.25) is 0 Å². The summed E-state index contributed by atoms with van der Waals surface area (Å²) in [6.07, 6.45) is 11.2. The molecule has 2 aliphatic rings. The van der Waals surface area contributed by atoms with Crippen molar-refractivity contribution in [2.75, 3.05) is 6.54 Å². The minimum absolute atomic E-state index is 0.672. The third-order valence-corrected chi connectivity index (χ3v) is 5.45. The van der Waals surface area contributed by atoms with Crippen LogP contribution >= 0.6 is 11.6 Å². The van der Waals surface area contributed by atoms with E-state index >= 15 is 0 Å². The molecule has 0 radical (unpaired) electrons. The zero-order valence-electron chi connectivity index (χ0n) is 12.3. The van der Waals surface area contributed by atoms with E-state index in [0.29, 0.717) is 12.0 Å². The van der Waals surface area contributed by atoms with E-state index in [-0.39, 0.29) is 0 Å². The molecule has 1 aliphatic carbocycles. The van der Waals surface area contributed by atoms with Crippen LogP contribution in [0.1, 0.15) is 62.8 Å². The molecule has 110 valence electrons. The van der Waals surface area contributed by atoms with Gasteiger partial charge in [0, 0.05) is 11.1 Å². The van der Waals surface area contributed by atoms with E-state index in [1.54, 1.807) is 0 Å². The van der Waals surface area contributed by atoms with Crippen LogP contribution in [0, 0.1) is 5.92 Å². The maximum Gasteiger partial charge on any atom is 0.0406 e. The Morgan fingerprint density at radius 3 is 2.35 bits per heavy atom. The van der Waals surface area contributed by atoms with Crippen LogP contribution in [0.4, 0.5) is 0 Å². The molecule has 1 aliphatic heterocycles. The predicted octanol–water partition coefficient (Wildman–Crippen LogP) is 5.15. The van der Waals surface area contributed by atoms with E-state index in [1.165, 1.54) is 63.5 Å². The summed E-state index contributed by atoms with van der Waals surface area (Å²) in [5.74, 6) is 1.62. The number of hydrogen-bond acceptors (Lipinski definition) is 1. The molecule has 20 heavy (non-hydrogen) atoms. The molecule has 0 spiro atoms. The second-order valence-corrected chi connectivity index (χ2v) is 7.04. The molecule has 3 rings (SSSR count). The summed E-state index contributed by atoms with van der Waals surface area (Å²) in [6.45, 7) is 1.19. The topological polar surface area (TPSA) is 12.0 Å². The number of nitrogens with one attached hydrogen (secondary N) is 1. The highest BCUT2D eigenvalue weighted by atomic mass is 35.5. The van der Waals surface area contributed by atoms with Crippen LogP contribution in [0.25, 0.3) is 0 Å². The van der Waals surface area contributed by atoms with Crippen LogP contribution in [-0.4, -0.2) is 12.6 Å². The lowest BCUT2D eigenvalue weighted by Crippen LogP contribution is -2.39. The monoisotopic (exact) mass is 291 g/mol. The molecule has 0 bridgehead atoms. The van der Waals surface area contributed by atoms with Gasteiger partial charge in [0.25, 0.3) is 0 Å². The number of halogens is 1. The molecule has 1 nitrogen and oxygen atoms in total. The minimum Gasteiger partial charge on any atom is -0.313 e. The fourth-order valence-electron chi connectivity index (χ4n) is 4.07. The van der Waals surface area contributed by atoms with E-state index in [2.05, 4.69) is 29.6 Å². The standard InChI is InChI=1S/C18H26ClN/c19-16-10-8-15(9-11-16)17(13-14-5-1-2-6-14)18-7-3-4-12-20-18/h8-11,14,17-18,20H,1-7,12-13H2/t17-,18-/m1/s1. The van der Waals surface area contributed by atoms with Crippen LogP contribution in [0.15, 0.2) is 24.3 Å². The van der Waals surface area contributed by atoms with Crippen molar-refractivity contribution in [3.63, 3.8) is 0 Å². The number of piperidine rings is 1. The Bertz CT molecular complexity index is 402. The van der Waals surface area contributed by atoms with E-state index < -0.39 is 0 Å². The Balaban J connectivity index is 1.75. The summed E-state index contributed by atoms with van der Waals surface area (Å²) < 4.78 is 0. The van der Waals surface area contributed by atoms with Gasteiger partial charge in [-0.1, -0.05) is 55.8 Å². The maximum absolute atomic E-state index is 6.06. The highest BCUT2D eigenvalue weighted by Gasteiger charge is 2.28. The molecule has 1 aromatic rings. The van der Waals surface area contributed by atoms with Crippen LogP contribution in [0.3, 0.4) is 0 Å². The predicted molar refractivity (Wildman–Crippen MR) is 86.4 cm³/mol. The zero-order valence-corrected chi connectivity index (χ0v) is 13.0. The summed E-state index contributed by atoms with van der Waals surface area (Å²) in [5, 5.41) is 4.63. The molecule has 1 saturated heterocycles. The van der Waals surface area contributed by atoms with Gasteiger partial charge in [0.2, 0.25) is 0 Å². The van der Waals surface area contributed by atoms with Gasteiger partial charge in [-0.25, -0.2) is 0 Å². The Hall–Kier alpha value is -0.530. The van der Waals surface area contributed by atoms with Crippen molar-refractivity contribution >= 4 is 11.6 Å². The maximum atomic E-state index is 6.06. The molecule has 1 heterocycles. The van der Waals surface area contributed by atoms with E-state index in [4.69, 9.17) is 11.6 Å². The zero-order chi connectivity index (χ0) is 13.8. The van der Waals surface area contributed by atoms with Crippen LogP contribution < -0.4 is 5.32 Å². The number of benzene rings is 1. The number of hydrogen-bond donors (Lipinski definition) is 1. The summed E-state index contributed by atoms with van der Waals surface area (Å²) in [5.41, 5.74) is 1.49. The molecule has 0 amide bonds. The molecule has 2 atom stereocenters. The molecule has 2 fully saturated rings. The van der Waals surface area contributed by atoms with Crippen molar-refractivity contribution in [3.8, 4) is 0 Å². The molecular formula is C18H26ClN. The van der Waals surface area contributed by atoms with Crippen molar-refractivity contribution in [3.05, 3.63) is 34.9 Å². The summed E-state index contributed by atoms with van der Waals surface area (Å²) >= 11 is 6.06. The average Bonchev–Trinajstić information content (AvgIpc) is 3.00. The lowest BCUT2D eigenvalue weighted by atomic mass is 9.80. The molecule has 1 aromatic carbocycles. The fourth-order valence-corrected chi connectivity index (χ4v) is 4.20. The van der Waals surface area contributed by atoms with Gasteiger partial charge in [0.15, 0.2) is 0 Å². The van der Waals surface area contributed by atoms with Crippen LogP contribution in [0.5, 0.6) is 0 Å². The fraction of sp³-hybridized carbons (Fsp3) is 0.667. The molecular weight excluding hydrogens is 266 g/mol. The first kappa shape index (κ1) is 14.4. The molecule has 0 unspecified atom stereocenters. The second-order valence-electron chi connectivity index (χ2n) is 6.60. The van der Waals surface area contributed by atoms with E-state index in [9.17, 15) is 0 Å². The Morgan fingerprint density at radius 1 is 1.00 bits per heavy atom. The van der Waals surface area contributed by atoms with Crippen molar-refractivity contribution in [1.29, 1.82) is 0 Å². The quantitative estimate of drug-likeness (QED) is 0.809. The summed E-state index contributed by atoms with van der Waals surface area (Å²) in [6, 6.07) is 9.28. The smallest absolute Gasteiger partial charge is 0.0406 e. The lowest BCUT2D eigenvalue weighted by molar-refractivity contribution is 0.307. The van der Waals surface area contributed by atoms with Crippen molar-refractivity contribution in [2.45, 2.75) is 63.3 Å². The normalized spacial score (nSPS) is 25.8. The van der Waals surface area contributed by atoms with Gasteiger partial charge in [-0.05, 0) is 55.3 Å². The lowest BCUT2D eigenvalue weighted by Gasteiger charge is -2.33. The molecule has 1 N–H and O–H groups in total. The van der Waals surface area contributed by atoms with E-state index in [0.717, 1.165) is 10.9 Å². The first-order valence-corrected chi connectivity index (χ1v) is 8.69. The SMILES string of the molecule is Clc1ccc([C@@H](CC2CCCC2)[C@H]2CCCCN2)cc1. The summed E-state index contributed by atoms with van der Waals surface area (Å²) in [7, 11) is 0. The first-order valence-electron chi connectivity index (χ1n) is 8.32. The van der Waals surface area contributed by atoms with Gasteiger partial charge in [0.1, 0.15) is 0 Å². The minimum atomic E-state index is 0.672. The highest BCUT2D eigenvalue weighted by Crippen LogP contribution is 2.37. The number of rotatable bonds is 4. The molecule has 2 heteroatoms. The Morgan fingerprint density at radius 2 is 1.70 bits per heavy atom. The van der Waals surface area contributed by atoms with Crippen LogP contribution in [0.2, 0.25) is 5.02 Å². The highest BCUT2D eigenvalue weighted by molar-refractivity contribution is 6.30. The second kappa shape index (κ2) is 6.95. The first-order chi connectivity index (χ1) is 9.83. The molecule has 1 saturated carbocycles. The van der Waals surface area contributed by atoms with Crippen LogP contribution in [-0.2, 0) is 0 Å². The van der Waals surface area contributed by atoms with Crippen molar-refractivity contribution in [2.24, 2.45) is 5.92 Å². The Kier molecular flexibility index (Phi) is 5.01. The van der Waals surface area contributed by atoms with Gasteiger partial charge < -0.3 is 5.32 Å². The third-order valence-electron chi connectivity index (χ3n) is 5.19. The van der Waals surface area contributed by atoms with Gasteiger partial charge in [-0.15, -0.1) is 0 Å².